The van der Waals surface area contributed by atoms with Crippen molar-refractivity contribution in [3.05, 3.63) is 30.4 Å². The molecule has 1 aliphatic heterocycles. The van der Waals surface area contributed by atoms with E-state index in [0.717, 1.165) is 35.4 Å². The predicted molar refractivity (Wildman–Crippen MR) is 91.6 cm³/mol. The molecular formula is C16H20N4O2S. The molecule has 0 radical (unpaired) electrons. The molecule has 122 valence electrons. The van der Waals surface area contributed by atoms with Gasteiger partial charge in [-0.3, -0.25) is 4.79 Å². The van der Waals surface area contributed by atoms with Gasteiger partial charge in [-0.15, -0.1) is 17.9 Å². The molecule has 6 nitrogen and oxygen atoms in total. The summed E-state index contributed by atoms with van der Waals surface area (Å²) < 4.78 is 0. The maximum absolute atomic E-state index is 12.9. The van der Waals surface area contributed by atoms with Crippen molar-refractivity contribution in [2.24, 2.45) is 0 Å². The molecule has 3 rings (SSSR count). The zero-order chi connectivity index (χ0) is 16.2. The van der Waals surface area contributed by atoms with Gasteiger partial charge in [-0.25, -0.2) is 9.97 Å². The summed E-state index contributed by atoms with van der Waals surface area (Å²) in [4.78, 5) is 26.2. The smallest absolute Gasteiger partial charge is 0.245 e. The quantitative estimate of drug-likeness (QED) is 0.815. The number of aromatic nitrogens is 2. The lowest BCUT2D eigenvalue weighted by Crippen LogP contribution is -2.47. The molecule has 1 aliphatic rings. The van der Waals surface area contributed by atoms with E-state index in [1.807, 2.05) is 11.4 Å². The Morgan fingerprint density at radius 3 is 3.22 bits per heavy atom. The second-order valence-corrected chi connectivity index (χ2v) is 6.38. The number of aliphatic hydroxyl groups is 1. The molecule has 0 aliphatic carbocycles. The number of carbonyl (C=O) groups is 1. The minimum atomic E-state index is -0.237. The third-order valence-electron chi connectivity index (χ3n) is 4.08. The number of aliphatic hydroxyl groups excluding tert-OH is 1. The van der Waals surface area contributed by atoms with Crippen molar-refractivity contribution >= 4 is 33.3 Å². The summed E-state index contributed by atoms with van der Waals surface area (Å²) in [6, 6.07) is 1.77. The van der Waals surface area contributed by atoms with E-state index in [2.05, 4.69) is 21.4 Å². The van der Waals surface area contributed by atoms with Gasteiger partial charge in [0.25, 0.3) is 0 Å². The molecule has 0 bridgehead atoms. The summed E-state index contributed by atoms with van der Waals surface area (Å²) in [5, 5.41) is 12.2. The minimum absolute atomic E-state index is 0.0263. The van der Waals surface area contributed by atoms with Crippen molar-refractivity contribution in [1.29, 1.82) is 0 Å². The molecule has 23 heavy (non-hydrogen) atoms. The minimum Gasteiger partial charge on any atom is -0.395 e. The average molecular weight is 332 g/mol. The van der Waals surface area contributed by atoms with Crippen LogP contribution in [0.3, 0.4) is 0 Å². The van der Waals surface area contributed by atoms with Crippen molar-refractivity contribution in [2.45, 2.75) is 18.9 Å². The van der Waals surface area contributed by atoms with Crippen LogP contribution in [0.4, 0.5) is 5.82 Å². The average Bonchev–Trinajstić information content (AvgIpc) is 3.22. The summed E-state index contributed by atoms with van der Waals surface area (Å²) in [6.07, 6.45) is 5.00. The number of fused-ring (bicyclic) bond motifs is 1. The van der Waals surface area contributed by atoms with Crippen LogP contribution in [0.1, 0.15) is 12.8 Å². The maximum atomic E-state index is 12.9. The summed E-state index contributed by atoms with van der Waals surface area (Å²) in [5.41, 5.74) is 0. The molecule has 0 spiro atoms. The van der Waals surface area contributed by atoms with Gasteiger partial charge in [-0.05, 0) is 24.3 Å². The third kappa shape index (κ3) is 3.07. The van der Waals surface area contributed by atoms with Crippen LogP contribution in [-0.2, 0) is 4.79 Å². The summed E-state index contributed by atoms with van der Waals surface area (Å²) in [6.45, 7) is 5.22. The molecule has 1 N–H and O–H groups in total. The number of rotatable bonds is 6. The lowest BCUT2D eigenvalue weighted by molar-refractivity contribution is -0.132. The van der Waals surface area contributed by atoms with Crippen molar-refractivity contribution in [3.8, 4) is 0 Å². The van der Waals surface area contributed by atoms with Gasteiger partial charge in [-0.2, -0.15) is 0 Å². The number of hydrogen-bond donors (Lipinski definition) is 1. The van der Waals surface area contributed by atoms with Gasteiger partial charge in [0.2, 0.25) is 5.91 Å². The van der Waals surface area contributed by atoms with Crippen molar-refractivity contribution in [2.75, 3.05) is 31.1 Å². The van der Waals surface area contributed by atoms with Gasteiger partial charge in [0.05, 0.1) is 12.0 Å². The Balaban J connectivity index is 1.89. The Morgan fingerprint density at radius 2 is 2.43 bits per heavy atom. The highest BCUT2D eigenvalue weighted by molar-refractivity contribution is 7.16. The van der Waals surface area contributed by atoms with E-state index >= 15 is 0 Å². The molecule has 1 amide bonds. The van der Waals surface area contributed by atoms with E-state index in [4.69, 9.17) is 0 Å². The van der Waals surface area contributed by atoms with Gasteiger partial charge < -0.3 is 14.9 Å². The molecule has 2 aromatic rings. The van der Waals surface area contributed by atoms with Crippen LogP contribution < -0.4 is 4.90 Å². The molecule has 1 atom stereocenters. The van der Waals surface area contributed by atoms with E-state index in [0.29, 0.717) is 13.1 Å². The number of carbonyl (C=O) groups excluding carboxylic acids is 1. The zero-order valence-electron chi connectivity index (χ0n) is 12.9. The molecule has 3 heterocycles. The lowest BCUT2D eigenvalue weighted by atomic mass is 10.2. The largest absolute Gasteiger partial charge is 0.395 e. The highest BCUT2D eigenvalue weighted by Crippen LogP contribution is 2.32. The fourth-order valence-corrected chi connectivity index (χ4v) is 3.79. The Bertz CT molecular complexity index is 702. The highest BCUT2D eigenvalue weighted by Gasteiger charge is 2.35. The van der Waals surface area contributed by atoms with Crippen LogP contribution >= 0.6 is 11.3 Å². The molecule has 1 fully saturated rings. The zero-order valence-corrected chi connectivity index (χ0v) is 13.7. The molecule has 0 saturated carbocycles. The van der Waals surface area contributed by atoms with E-state index < -0.39 is 0 Å². The molecule has 7 heteroatoms. The van der Waals surface area contributed by atoms with Crippen LogP contribution in [0.15, 0.2) is 30.4 Å². The Morgan fingerprint density at radius 1 is 1.57 bits per heavy atom. The number of thiophene rings is 1. The Kier molecular flexibility index (Phi) is 4.88. The summed E-state index contributed by atoms with van der Waals surface area (Å²) in [5.74, 6) is 0.855. The van der Waals surface area contributed by atoms with Gasteiger partial charge >= 0.3 is 0 Å². The van der Waals surface area contributed by atoms with Crippen molar-refractivity contribution in [3.63, 3.8) is 0 Å². The molecule has 2 aromatic heterocycles. The topological polar surface area (TPSA) is 69.6 Å². The van der Waals surface area contributed by atoms with Gasteiger partial charge in [-0.1, -0.05) is 6.08 Å². The monoisotopic (exact) mass is 332 g/mol. The van der Waals surface area contributed by atoms with Gasteiger partial charge in [0, 0.05) is 19.6 Å². The second kappa shape index (κ2) is 7.06. The first-order chi connectivity index (χ1) is 11.3. The number of nitrogens with zero attached hydrogens (tertiary/aromatic N) is 4. The number of amides is 1. The fourth-order valence-electron chi connectivity index (χ4n) is 3.06. The van der Waals surface area contributed by atoms with Crippen LogP contribution in [0.5, 0.6) is 0 Å². The fraction of sp³-hybridized carbons (Fsp3) is 0.438. The van der Waals surface area contributed by atoms with E-state index in [-0.39, 0.29) is 18.6 Å². The maximum Gasteiger partial charge on any atom is 0.245 e. The van der Waals surface area contributed by atoms with E-state index in [1.54, 1.807) is 28.6 Å². The summed E-state index contributed by atoms with van der Waals surface area (Å²) in [7, 11) is 0. The highest BCUT2D eigenvalue weighted by atomic mass is 32.1. The van der Waals surface area contributed by atoms with Crippen molar-refractivity contribution < 1.29 is 9.90 Å². The van der Waals surface area contributed by atoms with E-state index in [1.165, 1.54) is 0 Å². The molecular weight excluding hydrogens is 312 g/mol. The van der Waals surface area contributed by atoms with Crippen LogP contribution in [0.2, 0.25) is 0 Å². The normalized spacial score (nSPS) is 17.6. The predicted octanol–water partition coefficient (Wildman–Crippen LogP) is 1.67. The summed E-state index contributed by atoms with van der Waals surface area (Å²) >= 11 is 1.57. The number of anilines is 1. The lowest BCUT2D eigenvalue weighted by Gasteiger charge is -2.30. The Labute approximate surface area is 139 Å². The standard InChI is InChI=1S/C16H20N4O2S/c1-2-6-19(8-9-21)16(22)13-4-3-7-20(13)14-12-5-10-23-15(12)18-11-17-14/h2,5,10-11,13,21H,1,3-4,6-9H2. The Hall–Kier alpha value is -1.99. The van der Waals surface area contributed by atoms with Crippen LogP contribution in [-0.4, -0.2) is 58.2 Å². The van der Waals surface area contributed by atoms with E-state index in [9.17, 15) is 9.90 Å². The van der Waals surface area contributed by atoms with Crippen molar-refractivity contribution in [1.82, 2.24) is 14.9 Å². The first kappa shape index (κ1) is 15.9. The third-order valence-corrected chi connectivity index (χ3v) is 4.90. The molecule has 1 saturated heterocycles. The first-order valence-electron chi connectivity index (χ1n) is 7.71. The SMILES string of the molecule is C=CCN(CCO)C(=O)C1CCCN1c1ncnc2sccc12. The molecule has 0 aromatic carbocycles. The van der Waals surface area contributed by atoms with Crippen LogP contribution in [0, 0.1) is 0 Å². The second-order valence-electron chi connectivity index (χ2n) is 5.48. The molecule has 1 unspecified atom stereocenters. The first-order valence-corrected chi connectivity index (χ1v) is 8.59. The number of hydrogen-bond acceptors (Lipinski definition) is 6. The van der Waals surface area contributed by atoms with Gasteiger partial charge in [0.1, 0.15) is 23.0 Å². The van der Waals surface area contributed by atoms with Crippen LogP contribution in [0.25, 0.3) is 10.2 Å². The van der Waals surface area contributed by atoms with Gasteiger partial charge in [0.15, 0.2) is 0 Å².